The van der Waals surface area contributed by atoms with E-state index in [1.165, 1.54) is 6.20 Å². The zero-order chi connectivity index (χ0) is 13.1. The topological polar surface area (TPSA) is 85.9 Å². The minimum absolute atomic E-state index is 0.168. The van der Waals surface area contributed by atoms with Crippen LogP contribution in [0.15, 0.2) is 24.5 Å². The Morgan fingerprint density at radius 3 is 2.94 bits per heavy atom. The summed E-state index contributed by atoms with van der Waals surface area (Å²) < 4.78 is 1.71. The van der Waals surface area contributed by atoms with E-state index in [-0.39, 0.29) is 5.82 Å². The number of aromatic nitrogens is 3. The number of pyridine rings is 1. The molecule has 0 aliphatic carbocycles. The van der Waals surface area contributed by atoms with E-state index in [2.05, 4.69) is 15.4 Å². The summed E-state index contributed by atoms with van der Waals surface area (Å²) in [6.07, 6.45) is 3.28. The first kappa shape index (κ1) is 12.0. The molecule has 0 saturated heterocycles. The Kier molecular flexibility index (Phi) is 3.22. The van der Waals surface area contributed by atoms with Gasteiger partial charge in [-0.15, -0.1) is 0 Å². The summed E-state index contributed by atoms with van der Waals surface area (Å²) in [5.74, 6) is -0.168. The number of nitrogens with zero attached hydrogens (tertiary/aromatic N) is 4. The van der Waals surface area contributed by atoms with E-state index in [0.29, 0.717) is 12.2 Å². The van der Waals surface area contributed by atoms with E-state index < -0.39 is 4.92 Å². The lowest BCUT2D eigenvalue weighted by Gasteiger charge is -2.05. The predicted octanol–water partition coefficient (Wildman–Crippen LogP) is 1.64. The molecule has 2 rings (SSSR count). The summed E-state index contributed by atoms with van der Waals surface area (Å²) in [5, 5.41) is 18.0. The highest BCUT2D eigenvalue weighted by Gasteiger charge is 2.14. The fraction of sp³-hybridized carbons (Fsp3) is 0.273. The van der Waals surface area contributed by atoms with Gasteiger partial charge in [-0.1, -0.05) is 0 Å². The van der Waals surface area contributed by atoms with Gasteiger partial charge in [0.1, 0.15) is 11.9 Å². The third kappa shape index (κ3) is 2.45. The molecule has 0 spiro atoms. The Morgan fingerprint density at radius 2 is 2.33 bits per heavy atom. The molecule has 0 amide bonds. The van der Waals surface area contributed by atoms with Gasteiger partial charge in [0, 0.05) is 25.4 Å². The van der Waals surface area contributed by atoms with Crippen LogP contribution in [0.1, 0.15) is 11.3 Å². The quantitative estimate of drug-likeness (QED) is 0.655. The van der Waals surface area contributed by atoms with Crippen molar-refractivity contribution in [3.05, 3.63) is 45.9 Å². The van der Waals surface area contributed by atoms with Crippen LogP contribution in [-0.4, -0.2) is 19.7 Å². The monoisotopic (exact) mass is 247 g/mol. The van der Waals surface area contributed by atoms with E-state index in [9.17, 15) is 10.1 Å². The van der Waals surface area contributed by atoms with Crippen LogP contribution in [0.2, 0.25) is 0 Å². The molecule has 0 radical (unpaired) electrons. The number of nitro groups is 1. The van der Waals surface area contributed by atoms with Gasteiger partial charge < -0.3 is 15.4 Å². The molecule has 94 valence electrons. The maximum absolute atomic E-state index is 10.8. The zero-order valence-corrected chi connectivity index (χ0v) is 10.1. The third-order valence-corrected chi connectivity index (χ3v) is 2.54. The van der Waals surface area contributed by atoms with Crippen LogP contribution in [0.3, 0.4) is 0 Å². The molecule has 0 unspecified atom stereocenters. The molecular formula is C11H13N5O2. The molecule has 2 aromatic heterocycles. The lowest BCUT2D eigenvalue weighted by atomic mass is 10.2. The number of nitrogens with one attached hydrogen (secondary N) is 1. The summed E-state index contributed by atoms with van der Waals surface area (Å²) in [4.78, 5) is 14.0. The highest BCUT2D eigenvalue weighted by molar-refractivity contribution is 5.56. The van der Waals surface area contributed by atoms with Gasteiger partial charge in [-0.3, -0.25) is 4.68 Å². The van der Waals surface area contributed by atoms with Crippen LogP contribution in [-0.2, 0) is 13.6 Å². The van der Waals surface area contributed by atoms with Crippen LogP contribution in [0.5, 0.6) is 0 Å². The molecule has 0 fully saturated rings. The maximum Gasteiger partial charge on any atom is 0.386 e. The molecule has 0 aliphatic heterocycles. The van der Waals surface area contributed by atoms with Crippen LogP contribution >= 0.6 is 0 Å². The Balaban J connectivity index is 2.15. The van der Waals surface area contributed by atoms with E-state index in [4.69, 9.17) is 0 Å². The summed E-state index contributed by atoms with van der Waals surface area (Å²) in [7, 11) is 1.84. The Labute approximate surface area is 104 Å². The normalized spacial score (nSPS) is 10.3. The van der Waals surface area contributed by atoms with Crippen molar-refractivity contribution in [1.29, 1.82) is 0 Å². The first-order chi connectivity index (χ1) is 8.58. The number of rotatable bonds is 4. The first-order valence-electron chi connectivity index (χ1n) is 5.40. The van der Waals surface area contributed by atoms with Crippen molar-refractivity contribution in [1.82, 2.24) is 14.8 Å². The Morgan fingerprint density at radius 1 is 1.56 bits per heavy atom. The fourth-order valence-electron chi connectivity index (χ4n) is 1.69. The summed E-state index contributed by atoms with van der Waals surface area (Å²) >= 11 is 0. The molecule has 7 nitrogen and oxygen atoms in total. The molecule has 0 saturated carbocycles. The van der Waals surface area contributed by atoms with Crippen LogP contribution in [0.25, 0.3) is 0 Å². The van der Waals surface area contributed by atoms with Gasteiger partial charge in [0.05, 0.1) is 5.69 Å². The average molecular weight is 247 g/mol. The van der Waals surface area contributed by atoms with Crippen molar-refractivity contribution >= 4 is 11.5 Å². The van der Waals surface area contributed by atoms with Gasteiger partial charge in [0.25, 0.3) is 0 Å². The molecule has 0 aromatic carbocycles. The largest absolute Gasteiger partial charge is 0.386 e. The maximum atomic E-state index is 10.8. The lowest BCUT2D eigenvalue weighted by molar-refractivity contribution is -0.388. The van der Waals surface area contributed by atoms with Crippen LogP contribution in [0.4, 0.5) is 11.5 Å². The van der Waals surface area contributed by atoms with Gasteiger partial charge >= 0.3 is 5.82 Å². The molecule has 2 aromatic rings. The zero-order valence-electron chi connectivity index (χ0n) is 10.1. The van der Waals surface area contributed by atoms with Crippen molar-refractivity contribution in [3.63, 3.8) is 0 Å². The number of anilines is 1. The summed E-state index contributed by atoms with van der Waals surface area (Å²) in [6, 6.07) is 3.29. The van der Waals surface area contributed by atoms with Crippen molar-refractivity contribution in [3.8, 4) is 0 Å². The molecule has 18 heavy (non-hydrogen) atoms. The minimum atomic E-state index is -0.502. The SMILES string of the molecule is Cc1nn(C)cc1CNc1cccnc1[N+](=O)[O-]. The lowest BCUT2D eigenvalue weighted by Crippen LogP contribution is -2.04. The second-order valence-corrected chi connectivity index (χ2v) is 3.90. The Hall–Kier alpha value is -2.44. The summed E-state index contributed by atoms with van der Waals surface area (Å²) in [6.45, 7) is 2.38. The Bertz CT molecular complexity index is 579. The van der Waals surface area contributed by atoms with Crippen molar-refractivity contribution in [2.24, 2.45) is 7.05 Å². The second-order valence-electron chi connectivity index (χ2n) is 3.90. The average Bonchev–Trinajstić information content (AvgIpc) is 2.65. The van der Waals surface area contributed by atoms with Gasteiger partial charge in [-0.2, -0.15) is 5.10 Å². The van der Waals surface area contributed by atoms with Crippen molar-refractivity contribution in [2.75, 3.05) is 5.32 Å². The standard InChI is InChI=1S/C11H13N5O2/c1-8-9(7-15(2)14-8)6-13-10-4-3-5-12-11(10)16(17)18/h3-5,7,13H,6H2,1-2H3. The molecule has 0 atom stereocenters. The van der Waals surface area contributed by atoms with E-state index in [1.54, 1.807) is 16.8 Å². The van der Waals surface area contributed by atoms with Crippen LogP contribution < -0.4 is 5.32 Å². The van der Waals surface area contributed by atoms with Gasteiger partial charge in [0.15, 0.2) is 0 Å². The predicted molar refractivity (Wildman–Crippen MR) is 66.2 cm³/mol. The van der Waals surface area contributed by atoms with E-state index in [0.717, 1.165) is 11.3 Å². The number of hydrogen-bond donors (Lipinski definition) is 1. The molecule has 0 aliphatic rings. The van der Waals surface area contributed by atoms with E-state index in [1.807, 2.05) is 20.2 Å². The smallest absolute Gasteiger partial charge is 0.374 e. The molecule has 0 bridgehead atoms. The van der Waals surface area contributed by atoms with E-state index >= 15 is 0 Å². The molecular weight excluding hydrogens is 234 g/mol. The fourth-order valence-corrected chi connectivity index (χ4v) is 1.69. The number of aryl methyl sites for hydroxylation is 2. The third-order valence-electron chi connectivity index (χ3n) is 2.54. The van der Waals surface area contributed by atoms with Crippen molar-refractivity contribution in [2.45, 2.75) is 13.5 Å². The van der Waals surface area contributed by atoms with Gasteiger partial charge in [-0.25, -0.2) is 0 Å². The van der Waals surface area contributed by atoms with Crippen molar-refractivity contribution < 1.29 is 4.92 Å². The van der Waals surface area contributed by atoms with Gasteiger partial charge in [0.2, 0.25) is 0 Å². The first-order valence-corrected chi connectivity index (χ1v) is 5.40. The number of hydrogen-bond acceptors (Lipinski definition) is 5. The molecule has 7 heteroatoms. The molecule has 2 heterocycles. The highest BCUT2D eigenvalue weighted by atomic mass is 16.6. The minimum Gasteiger partial charge on any atom is -0.374 e. The summed E-state index contributed by atoms with van der Waals surface area (Å²) in [5.41, 5.74) is 2.30. The van der Waals surface area contributed by atoms with Gasteiger partial charge in [-0.05, 0) is 29.0 Å². The second kappa shape index (κ2) is 4.82. The highest BCUT2D eigenvalue weighted by Crippen LogP contribution is 2.21. The molecule has 1 N–H and O–H groups in total. The van der Waals surface area contributed by atoms with Crippen LogP contribution in [0, 0.1) is 17.0 Å².